The van der Waals surface area contributed by atoms with Crippen LogP contribution < -0.4 is 10.6 Å². The maximum atomic E-state index is 11.7. The van der Waals surface area contributed by atoms with E-state index in [0.29, 0.717) is 0 Å². The van der Waals surface area contributed by atoms with Crippen LogP contribution in [0.4, 0.5) is 4.79 Å². The van der Waals surface area contributed by atoms with Crippen molar-refractivity contribution in [3.63, 3.8) is 0 Å². The molecule has 1 aliphatic rings. The van der Waals surface area contributed by atoms with Crippen molar-refractivity contribution in [1.82, 2.24) is 15.5 Å². The van der Waals surface area contributed by atoms with Crippen LogP contribution in [0, 0.1) is 0 Å². The Morgan fingerprint density at radius 2 is 1.90 bits per heavy atom. The first kappa shape index (κ1) is 15.6. The molecule has 4 heteroatoms. The highest BCUT2D eigenvalue weighted by Crippen LogP contribution is 2.13. The second kappa shape index (κ2) is 7.84. The summed E-state index contributed by atoms with van der Waals surface area (Å²) in [4.78, 5) is 14.2. The molecule has 1 aromatic carbocycles. The third kappa shape index (κ3) is 5.60. The van der Waals surface area contributed by atoms with E-state index in [1.165, 1.54) is 5.56 Å². The van der Waals surface area contributed by atoms with Crippen LogP contribution in [0.1, 0.15) is 32.3 Å². The number of allylic oxidation sites excluding steroid dienone is 1. The Labute approximate surface area is 127 Å². The van der Waals surface area contributed by atoms with Gasteiger partial charge in [-0.2, -0.15) is 0 Å². The first-order chi connectivity index (χ1) is 10.1. The number of nitrogens with zero attached hydrogens (tertiary/aromatic N) is 1. The predicted molar refractivity (Wildman–Crippen MR) is 85.8 cm³/mol. The maximum Gasteiger partial charge on any atom is 0.318 e. The Morgan fingerprint density at radius 1 is 1.24 bits per heavy atom. The van der Waals surface area contributed by atoms with Crippen LogP contribution in [-0.4, -0.2) is 30.1 Å². The number of nitrogens with one attached hydrogen (secondary N) is 2. The topological polar surface area (TPSA) is 44.4 Å². The molecule has 0 spiro atoms. The van der Waals surface area contributed by atoms with E-state index in [0.717, 1.165) is 38.0 Å². The first-order valence-corrected chi connectivity index (χ1v) is 7.60. The minimum absolute atomic E-state index is 0.0993. The fraction of sp³-hybridized carbons (Fsp3) is 0.471. The SMILES string of the molecule is CC(C)=CNC(=O)NC1CCN(Cc2ccccc2)CC1. The Kier molecular flexibility index (Phi) is 5.81. The number of piperidine rings is 1. The molecule has 1 heterocycles. The molecule has 4 nitrogen and oxygen atoms in total. The third-order valence-corrected chi connectivity index (χ3v) is 3.66. The summed E-state index contributed by atoms with van der Waals surface area (Å²) in [6.45, 7) is 6.98. The van der Waals surface area contributed by atoms with Crippen LogP contribution >= 0.6 is 0 Å². The summed E-state index contributed by atoms with van der Waals surface area (Å²) >= 11 is 0. The lowest BCUT2D eigenvalue weighted by Gasteiger charge is -2.32. The second-order valence-corrected chi connectivity index (χ2v) is 5.88. The Bertz CT molecular complexity index is 472. The largest absolute Gasteiger partial charge is 0.335 e. The standard InChI is InChI=1S/C17H25N3O/c1-14(2)12-18-17(21)19-16-8-10-20(11-9-16)13-15-6-4-3-5-7-15/h3-7,12,16H,8-11,13H2,1-2H3,(H2,18,19,21). The highest BCUT2D eigenvalue weighted by atomic mass is 16.2. The number of hydrogen-bond acceptors (Lipinski definition) is 2. The highest BCUT2D eigenvalue weighted by molar-refractivity contribution is 5.75. The predicted octanol–water partition coefficient (Wildman–Crippen LogP) is 2.87. The van der Waals surface area contributed by atoms with E-state index in [2.05, 4.69) is 39.8 Å². The third-order valence-electron chi connectivity index (χ3n) is 3.66. The number of rotatable bonds is 4. The molecule has 2 rings (SSSR count). The van der Waals surface area contributed by atoms with E-state index in [1.807, 2.05) is 19.9 Å². The number of carbonyl (C=O) groups excluding carboxylic acids is 1. The number of amides is 2. The van der Waals surface area contributed by atoms with Gasteiger partial charge in [-0.3, -0.25) is 4.90 Å². The molecule has 1 fully saturated rings. The normalized spacial score (nSPS) is 16.3. The van der Waals surface area contributed by atoms with Crippen molar-refractivity contribution in [2.24, 2.45) is 0 Å². The van der Waals surface area contributed by atoms with Crippen LogP contribution in [0.2, 0.25) is 0 Å². The van der Waals surface area contributed by atoms with Gasteiger partial charge in [-0.15, -0.1) is 0 Å². The number of likely N-dealkylation sites (tertiary alicyclic amines) is 1. The number of carbonyl (C=O) groups is 1. The van der Waals surface area contributed by atoms with Gasteiger partial charge in [0.15, 0.2) is 0 Å². The summed E-state index contributed by atoms with van der Waals surface area (Å²) in [6.07, 6.45) is 3.75. The van der Waals surface area contributed by atoms with Crippen molar-refractivity contribution < 1.29 is 4.79 Å². The summed E-state index contributed by atoms with van der Waals surface area (Å²) < 4.78 is 0. The van der Waals surface area contributed by atoms with Gasteiger partial charge in [0, 0.05) is 31.9 Å². The van der Waals surface area contributed by atoms with Gasteiger partial charge >= 0.3 is 6.03 Å². The lowest BCUT2D eigenvalue weighted by molar-refractivity contribution is 0.187. The van der Waals surface area contributed by atoms with E-state index >= 15 is 0 Å². The van der Waals surface area contributed by atoms with Crippen LogP contribution in [0.5, 0.6) is 0 Å². The fourth-order valence-electron chi connectivity index (χ4n) is 2.51. The minimum Gasteiger partial charge on any atom is -0.335 e. The average molecular weight is 287 g/mol. The lowest BCUT2D eigenvalue weighted by Crippen LogP contribution is -2.46. The summed E-state index contributed by atoms with van der Waals surface area (Å²) in [7, 11) is 0. The molecule has 0 radical (unpaired) electrons. The quantitative estimate of drug-likeness (QED) is 0.894. The molecule has 114 valence electrons. The van der Waals surface area contributed by atoms with Gasteiger partial charge in [0.2, 0.25) is 0 Å². The van der Waals surface area contributed by atoms with Gasteiger partial charge in [-0.25, -0.2) is 4.79 Å². The highest BCUT2D eigenvalue weighted by Gasteiger charge is 2.20. The molecule has 0 bridgehead atoms. The summed E-state index contributed by atoms with van der Waals surface area (Å²) in [5.41, 5.74) is 2.44. The Hall–Kier alpha value is -1.81. The van der Waals surface area contributed by atoms with E-state index < -0.39 is 0 Å². The number of urea groups is 1. The lowest BCUT2D eigenvalue weighted by atomic mass is 10.0. The van der Waals surface area contributed by atoms with Gasteiger partial charge < -0.3 is 10.6 Å². The number of benzene rings is 1. The fourth-order valence-corrected chi connectivity index (χ4v) is 2.51. The zero-order valence-corrected chi connectivity index (χ0v) is 12.9. The molecule has 0 aromatic heterocycles. The van der Waals surface area contributed by atoms with E-state index in [4.69, 9.17) is 0 Å². The van der Waals surface area contributed by atoms with E-state index in [-0.39, 0.29) is 12.1 Å². The van der Waals surface area contributed by atoms with Gasteiger partial charge in [0.1, 0.15) is 0 Å². The minimum atomic E-state index is -0.0993. The summed E-state index contributed by atoms with van der Waals surface area (Å²) in [6, 6.07) is 10.7. The van der Waals surface area contributed by atoms with Crippen molar-refractivity contribution in [3.8, 4) is 0 Å². The molecule has 1 aliphatic heterocycles. The van der Waals surface area contributed by atoms with Crippen LogP contribution in [0.15, 0.2) is 42.1 Å². The van der Waals surface area contributed by atoms with E-state index in [9.17, 15) is 4.79 Å². The second-order valence-electron chi connectivity index (χ2n) is 5.88. The number of hydrogen-bond donors (Lipinski definition) is 2. The van der Waals surface area contributed by atoms with Crippen LogP contribution in [0.25, 0.3) is 0 Å². The molecule has 2 amide bonds. The average Bonchev–Trinajstić information content (AvgIpc) is 2.48. The molecule has 0 atom stereocenters. The first-order valence-electron chi connectivity index (χ1n) is 7.60. The molecule has 2 N–H and O–H groups in total. The van der Waals surface area contributed by atoms with Gasteiger partial charge in [-0.05, 0) is 32.3 Å². The zero-order valence-electron chi connectivity index (χ0n) is 12.9. The van der Waals surface area contributed by atoms with Gasteiger partial charge in [0.25, 0.3) is 0 Å². The smallest absolute Gasteiger partial charge is 0.318 e. The molecule has 0 unspecified atom stereocenters. The van der Waals surface area contributed by atoms with Crippen molar-refractivity contribution in [3.05, 3.63) is 47.7 Å². The van der Waals surface area contributed by atoms with E-state index in [1.54, 1.807) is 6.20 Å². The molecule has 1 aromatic rings. The molecular formula is C17H25N3O. The van der Waals surface area contributed by atoms with Crippen LogP contribution in [-0.2, 0) is 6.54 Å². The van der Waals surface area contributed by atoms with Crippen molar-refractivity contribution in [2.75, 3.05) is 13.1 Å². The molecule has 21 heavy (non-hydrogen) atoms. The maximum absolute atomic E-state index is 11.7. The molecule has 1 saturated heterocycles. The molecular weight excluding hydrogens is 262 g/mol. The monoisotopic (exact) mass is 287 g/mol. The van der Waals surface area contributed by atoms with Gasteiger partial charge in [0.05, 0.1) is 0 Å². The van der Waals surface area contributed by atoms with Crippen molar-refractivity contribution >= 4 is 6.03 Å². The van der Waals surface area contributed by atoms with Gasteiger partial charge in [-0.1, -0.05) is 35.9 Å². The van der Waals surface area contributed by atoms with Crippen molar-refractivity contribution in [1.29, 1.82) is 0 Å². The van der Waals surface area contributed by atoms with Crippen molar-refractivity contribution in [2.45, 2.75) is 39.3 Å². The summed E-state index contributed by atoms with van der Waals surface area (Å²) in [5.74, 6) is 0. The Balaban J connectivity index is 1.71. The molecule has 0 saturated carbocycles. The Morgan fingerprint density at radius 3 is 2.52 bits per heavy atom. The summed E-state index contributed by atoms with van der Waals surface area (Å²) in [5, 5.41) is 5.79. The molecule has 0 aliphatic carbocycles. The zero-order chi connectivity index (χ0) is 15.1. The van der Waals surface area contributed by atoms with Crippen LogP contribution in [0.3, 0.4) is 0 Å².